The van der Waals surface area contributed by atoms with Gasteiger partial charge in [0.2, 0.25) is 5.78 Å². The minimum Gasteiger partial charge on any atom is -0.872 e. The fourth-order valence-electron chi connectivity index (χ4n) is 3.98. The number of non-ortho nitro benzene ring substituents is 1. The van der Waals surface area contributed by atoms with Crippen molar-refractivity contribution in [2.24, 2.45) is 5.92 Å². The summed E-state index contributed by atoms with van der Waals surface area (Å²) in [5.74, 6) is -1.28. The van der Waals surface area contributed by atoms with Gasteiger partial charge in [-0.25, -0.2) is 0 Å². The number of Topliss-reactive ketones (excluding diaryl/α,β-unsaturated/α-hetero) is 1. The fourth-order valence-corrected chi connectivity index (χ4v) is 3.98. The molecular weight excluding hydrogens is 450 g/mol. The first kappa shape index (κ1) is 25.9. The molecular formula is C26H31N3O6. The summed E-state index contributed by atoms with van der Waals surface area (Å²) >= 11 is 0. The first-order valence-electron chi connectivity index (χ1n) is 11.6. The topological polar surface area (TPSA) is 117 Å². The molecule has 0 spiro atoms. The van der Waals surface area contributed by atoms with Gasteiger partial charge >= 0.3 is 0 Å². The number of carbonyl (C=O) groups is 2. The molecule has 0 aliphatic carbocycles. The number of rotatable bonds is 10. The van der Waals surface area contributed by atoms with Gasteiger partial charge in [-0.2, -0.15) is 0 Å². The van der Waals surface area contributed by atoms with E-state index in [1.54, 1.807) is 30.3 Å². The standard InChI is InChI=1S/C26H31N3O6/c1-17(2)16-35-21-11-9-18(10-12-21)24(30)22-23(19-7-5-8-20(15-19)29(33)34)28(26(32)25(22)31)14-6-13-27(3)4/h5,7-12,15,17,23,30H,6,13-14,16H2,1-4H3. The maximum Gasteiger partial charge on any atom is 0.295 e. The molecule has 9 nitrogen and oxygen atoms in total. The molecule has 186 valence electrons. The third-order valence-corrected chi connectivity index (χ3v) is 5.70. The van der Waals surface area contributed by atoms with Crippen LogP contribution in [0.1, 0.15) is 37.4 Å². The lowest BCUT2D eigenvalue weighted by Gasteiger charge is -2.27. The summed E-state index contributed by atoms with van der Waals surface area (Å²) in [7, 11) is 3.95. The van der Waals surface area contributed by atoms with Crippen molar-refractivity contribution in [3.05, 3.63) is 75.3 Å². The van der Waals surface area contributed by atoms with E-state index in [0.717, 1.165) is 6.54 Å². The molecule has 1 saturated heterocycles. The van der Waals surface area contributed by atoms with Crippen molar-refractivity contribution in [1.29, 1.82) is 0 Å². The van der Waals surface area contributed by atoms with Gasteiger partial charge in [0, 0.05) is 30.7 Å². The van der Waals surface area contributed by atoms with E-state index in [1.807, 2.05) is 27.9 Å². The first-order valence-corrected chi connectivity index (χ1v) is 11.6. The third-order valence-electron chi connectivity index (χ3n) is 5.70. The predicted molar refractivity (Wildman–Crippen MR) is 129 cm³/mol. The van der Waals surface area contributed by atoms with Crippen molar-refractivity contribution < 1.29 is 29.3 Å². The molecule has 0 saturated carbocycles. The summed E-state index contributed by atoms with van der Waals surface area (Å²) in [5, 5.41) is 24.9. The monoisotopic (exact) mass is 481 g/mol. The van der Waals surface area contributed by atoms with Gasteiger partial charge in [-0.1, -0.05) is 43.9 Å². The number of ether oxygens (including phenoxy) is 1. The Morgan fingerprint density at radius 1 is 1.14 bits per heavy atom. The van der Waals surface area contributed by atoms with Crippen molar-refractivity contribution in [3.8, 4) is 5.75 Å². The Bertz CT molecular complexity index is 1120. The first-order chi connectivity index (χ1) is 16.6. The van der Waals surface area contributed by atoms with Gasteiger partial charge in [-0.3, -0.25) is 19.7 Å². The molecule has 9 heteroatoms. The van der Waals surface area contributed by atoms with Crippen LogP contribution in [0.25, 0.3) is 5.76 Å². The molecule has 2 aromatic carbocycles. The number of likely N-dealkylation sites (tertiary alicyclic amines) is 1. The number of nitrogens with zero attached hydrogens (tertiary/aromatic N) is 2. The van der Waals surface area contributed by atoms with E-state index in [1.165, 1.54) is 28.0 Å². The number of amides is 1. The van der Waals surface area contributed by atoms with Crippen LogP contribution in [0.2, 0.25) is 0 Å². The Morgan fingerprint density at radius 2 is 1.83 bits per heavy atom. The molecule has 1 heterocycles. The highest BCUT2D eigenvalue weighted by Crippen LogP contribution is 2.39. The van der Waals surface area contributed by atoms with Crippen LogP contribution in [0.4, 0.5) is 5.69 Å². The van der Waals surface area contributed by atoms with Crippen LogP contribution in [-0.4, -0.2) is 55.3 Å². The molecule has 0 bridgehead atoms. The second-order valence-corrected chi connectivity index (χ2v) is 9.36. The summed E-state index contributed by atoms with van der Waals surface area (Å²) in [6, 6.07) is 11.2. The van der Waals surface area contributed by atoms with Crippen molar-refractivity contribution in [1.82, 2.24) is 4.90 Å². The minimum absolute atomic E-state index is 0.176. The van der Waals surface area contributed by atoms with Crippen molar-refractivity contribution >= 4 is 23.1 Å². The molecule has 0 aromatic heterocycles. The van der Waals surface area contributed by atoms with E-state index < -0.39 is 28.4 Å². The maximum atomic E-state index is 13.5. The number of carbonyl (C=O) groups excluding carboxylic acids is 2. The highest BCUT2D eigenvalue weighted by atomic mass is 16.6. The fraction of sp³-hybridized carbons (Fsp3) is 0.385. The number of hydrogen-bond donors (Lipinski definition) is 1. The lowest BCUT2D eigenvalue weighted by molar-refractivity contribution is -0.858. The van der Waals surface area contributed by atoms with Crippen LogP contribution in [0, 0.1) is 16.0 Å². The van der Waals surface area contributed by atoms with Gasteiger partial charge in [0.1, 0.15) is 5.75 Å². The number of nitro groups is 1. The summed E-state index contributed by atoms with van der Waals surface area (Å²) in [5.41, 5.74) is 0.234. The summed E-state index contributed by atoms with van der Waals surface area (Å²) < 4.78 is 5.66. The van der Waals surface area contributed by atoms with E-state index >= 15 is 0 Å². The molecule has 2 aromatic rings. The average Bonchev–Trinajstić information content (AvgIpc) is 3.07. The van der Waals surface area contributed by atoms with Crippen molar-refractivity contribution in [3.63, 3.8) is 0 Å². The SMILES string of the molecule is CC(C)COc1ccc(C([O-])=C2C(=O)C(=O)N(CCC[NH+](C)C)C2c2cccc([N+](=O)[O-])c2)cc1. The van der Waals surface area contributed by atoms with Crippen LogP contribution in [-0.2, 0) is 9.59 Å². The Hall–Kier alpha value is -3.72. The van der Waals surface area contributed by atoms with Crippen LogP contribution >= 0.6 is 0 Å². The van der Waals surface area contributed by atoms with Crippen LogP contribution in [0.5, 0.6) is 5.75 Å². The second-order valence-electron chi connectivity index (χ2n) is 9.36. The number of nitrogens with one attached hydrogen (secondary N) is 1. The zero-order valence-electron chi connectivity index (χ0n) is 20.4. The minimum atomic E-state index is -0.989. The number of hydrogen-bond acceptors (Lipinski definition) is 6. The van der Waals surface area contributed by atoms with E-state index in [9.17, 15) is 24.8 Å². The van der Waals surface area contributed by atoms with Gasteiger partial charge in [0.25, 0.3) is 11.6 Å². The van der Waals surface area contributed by atoms with Crippen molar-refractivity contribution in [2.75, 3.05) is 33.8 Å². The number of nitro benzene ring substituents is 1. The maximum absolute atomic E-state index is 13.5. The molecule has 35 heavy (non-hydrogen) atoms. The van der Waals surface area contributed by atoms with Crippen LogP contribution < -0.4 is 14.7 Å². The number of benzene rings is 2. The molecule has 1 atom stereocenters. The Kier molecular flexibility index (Phi) is 8.24. The van der Waals surface area contributed by atoms with Crippen LogP contribution in [0.3, 0.4) is 0 Å². The van der Waals surface area contributed by atoms with E-state index in [-0.39, 0.29) is 23.4 Å². The lowest BCUT2D eigenvalue weighted by atomic mass is 9.95. The molecule has 1 N–H and O–H groups in total. The van der Waals surface area contributed by atoms with E-state index in [4.69, 9.17) is 4.74 Å². The molecule has 3 rings (SSSR count). The molecule has 1 unspecified atom stereocenters. The Balaban J connectivity index is 2.04. The van der Waals surface area contributed by atoms with Gasteiger partial charge in [-0.15, -0.1) is 0 Å². The second kappa shape index (κ2) is 11.1. The van der Waals surface area contributed by atoms with Gasteiger partial charge < -0.3 is 19.6 Å². The molecule has 1 aliphatic heterocycles. The molecule has 1 aliphatic rings. The molecule has 0 radical (unpaired) electrons. The van der Waals surface area contributed by atoms with Crippen molar-refractivity contribution in [2.45, 2.75) is 26.3 Å². The van der Waals surface area contributed by atoms with Gasteiger partial charge in [0.05, 0.1) is 38.2 Å². The molecule has 1 amide bonds. The largest absolute Gasteiger partial charge is 0.872 e. The Labute approximate surface area is 204 Å². The van der Waals surface area contributed by atoms with Gasteiger partial charge in [-0.05, 0) is 29.2 Å². The van der Waals surface area contributed by atoms with E-state index in [0.29, 0.717) is 30.3 Å². The highest BCUT2D eigenvalue weighted by Gasteiger charge is 2.44. The van der Waals surface area contributed by atoms with Crippen LogP contribution in [0.15, 0.2) is 54.1 Å². The zero-order chi connectivity index (χ0) is 25.7. The van der Waals surface area contributed by atoms with E-state index in [2.05, 4.69) is 0 Å². The zero-order valence-corrected chi connectivity index (χ0v) is 20.4. The average molecular weight is 482 g/mol. The summed E-state index contributed by atoms with van der Waals surface area (Å²) in [6.45, 7) is 5.58. The smallest absolute Gasteiger partial charge is 0.295 e. The highest BCUT2D eigenvalue weighted by molar-refractivity contribution is 6.46. The summed E-state index contributed by atoms with van der Waals surface area (Å²) in [6.07, 6.45) is 0.607. The third kappa shape index (κ3) is 6.05. The Morgan fingerprint density at radius 3 is 2.43 bits per heavy atom. The molecule has 1 fully saturated rings. The number of ketones is 1. The van der Waals surface area contributed by atoms with Gasteiger partial charge in [0.15, 0.2) is 0 Å². The lowest BCUT2D eigenvalue weighted by Crippen LogP contribution is -3.05. The predicted octanol–water partition coefficient (Wildman–Crippen LogP) is 1.39. The normalized spacial score (nSPS) is 17.4. The quantitative estimate of drug-likeness (QED) is 0.180. The number of quaternary nitrogens is 1. The summed E-state index contributed by atoms with van der Waals surface area (Å²) in [4.78, 5) is 39.4.